The molecule has 0 saturated carbocycles. The molecule has 0 spiro atoms. The molecule has 1 rings (SSSR count). The normalized spacial score (nSPS) is 12.6. The number of aryl methyl sites for hydroxylation is 1. The molecule has 0 aliphatic carbocycles. The third kappa shape index (κ3) is 4.14. The molecule has 1 aromatic heterocycles. The average Bonchev–Trinajstić information content (AvgIpc) is 2.06. The summed E-state index contributed by atoms with van der Waals surface area (Å²) in [4.78, 5) is 3.06. The smallest absolute Gasteiger partial charge is 0.387 e. The van der Waals surface area contributed by atoms with E-state index in [0.717, 1.165) is 6.07 Å². The van der Waals surface area contributed by atoms with E-state index in [4.69, 9.17) is 10.7 Å². The molecule has 0 atom stereocenters. The highest BCUT2D eigenvalue weighted by atomic mass is 127. The predicted molar refractivity (Wildman–Crippen MR) is 61.4 cm³/mol. The van der Waals surface area contributed by atoms with Gasteiger partial charge in [-0.25, -0.2) is 13.4 Å². The first-order valence-corrected chi connectivity index (χ1v) is 7.27. The molecule has 0 saturated heterocycles. The zero-order valence-electron chi connectivity index (χ0n) is 8.05. The first-order valence-electron chi connectivity index (χ1n) is 3.88. The van der Waals surface area contributed by atoms with Crippen LogP contribution in [-0.4, -0.2) is 19.8 Å². The van der Waals surface area contributed by atoms with Crippen molar-refractivity contribution in [2.24, 2.45) is 0 Å². The molecule has 96 valence electrons. The van der Waals surface area contributed by atoms with E-state index in [-0.39, 0.29) is 14.2 Å². The highest BCUT2D eigenvalue weighted by Gasteiger charge is 2.33. The number of aromatic nitrogens is 1. The van der Waals surface area contributed by atoms with Crippen LogP contribution in [0.4, 0.5) is 13.2 Å². The van der Waals surface area contributed by atoms with Crippen molar-refractivity contribution in [3.05, 3.63) is 15.3 Å². The van der Waals surface area contributed by atoms with Gasteiger partial charge in [0.1, 0.15) is 4.90 Å². The summed E-state index contributed by atoms with van der Waals surface area (Å²) in [7, 11) is 1.04. The van der Waals surface area contributed by atoms with Gasteiger partial charge in [-0.15, -0.1) is 13.2 Å². The Balaban J connectivity index is 3.29. The second kappa shape index (κ2) is 4.76. The van der Waals surface area contributed by atoms with Crippen LogP contribution in [0.15, 0.2) is 11.0 Å². The Morgan fingerprint density at radius 3 is 2.41 bits per heavy atom. The van der Waals surface area contributed by atoms with Crippen LogP contribution in [0.2, 0.25) is 0 Å². The van der Waals surface area contributed by atoms with Gasteiger partial charge in [0.15, 0.2) is 0 Å². The molecule has 0 aliphatic heterocycles. The van der Waals surface area contributed by atoms with E-state index in [1.165, 1.54) is 29.5 Å². The van der Waals surface area contributed by atoms with E-state index in [0.29, 0.717) is 0 Å². The van der Waals surface area contributed by atoms with Gasteiger partial charge in [-0.3, -0.25) is 0 Å². The van der Waals surface area contributed by atoms with E-state index in [1.807, 2.05) is 0 Å². The van der Waals surface area contributed by atoms with Crippen LogP contribution in [0.3, 0.4) is 0 Å². The predicted octanol–water partition coefficient (Wildman–Crippen LogP) is 2.82. The number of rotatable bonds is 2. The SMILES string of the molecule is Cc1nc(OC(F)(F)F)c(I)cc1S(=O)(=O)Cl. The van der Waals surface area contributed by atoms with Gasteiger partial charge in [-0.1, -0.05) is 0 Å². The number of ether oxygens (including phenoxy) is 1. The molecule has 0 aliphatic rings. The number of halogens is 5. The standard InChI is InChI=1S/C7H4ClF3INO3S/c1-3-5(17(8,14)15)2-4(12)6(13-3)16-7(9,10)11/h2H,1H3. The Morgan fingerprint density at radius 2 is 2.00 bits per heavy atom. The first kappa shape index (κ1) is 14.8. The van der Waals surface area contributed by atoms with Crippen LogP contribution in [0.5, 0.6) is 5.88 Å². The number of hydrogen-bond donors (Lipinski definition) is 0. The summed E-state index contributed by atoms with van der Waals surface area (Å²) in [5.41, 5.74) is -0.167. The van der Waals surface area contributed by atoms with E-state index >= 15 is 0 Å². The fourth-order valence-electron chi connectivity index (χ4n) is 0.970. The summed E-state index contributed by atoms with van der Waals surface area (Å²) < 4.78 is 61.6. The van der Waals surface area contributed by atoms with Gasteiger partial charge in [0.05, 0.1) is 9.26 Å². The molecule has 0 radical (unpaired) electrons. The van der Waals surface area contributed by atoms with Gasteiger partial charge in [0.25, 0.3) is 9.05 Å². The monoisotopic (exact) mass is 401 g/mol. The maximum atomic E-state index is 12.0. The van der Waals surface area contributed by atoms with Gasteiger partial charge in [0.2, 0.25) is 5.88 Å². The third-order valence-electron chi connectivity index (χ3n) is 1.56. The Labute approximate surface area is 113 Å². The maximum absolute atomic E-state index is 12.0. The highest BCUT2D eigenvalue weighted by molar-refractivity contribution is 14.1. The van der Waals surface area contributed by atoms with E-state index in [2.05, 4.69) is 9.72 Å². The number of nitrogens with zero attached hydrogens (tertiary/aromatic N) is 1. The van der Waals surface area contributed by atoms with Gasteiger partial charge >= 0.3 is 6.36 Å². The van der Waals surface area contributed by atoms with E-state index in [9.17, 15) is 21.6 Å². The van der Waals surface area contributed by atoms with Crippen molar-refractivity contribution in [1.82, 2.24) is 4.98 Å². The molecule has 0 aromatic carbocycles. The number of hydrogen-bond acceptors (Lipinski definition) is 4. The largest absolute Gasteiger partial charge is 0.574 e. The highest BCUT2D eigenvalue weighted by Crippen LogP contribution is 2.29. The molecule has 1 heterocycles. The molecule has 0 fully saturated rings. The Bertz CT molecular complexity index is 546. The molecule has 0 unspecified atom stereocenters. The van der Waals surface area contributed by atoms with Crippen LogP contribution < -0.4 is 4.74 Å². The minimum absolute atomic E-state index is 0.107. The summed E-state index contributed by atoms with van der Waals surface area (Å²) in [5.74, 6) is -0.709. The van der Waals surface area contributed by atoms with Crippen LogP contribution in [-0.2, 0) is 9.05 Å². The van der Waals surface area contributed by atoms with Gasteiger partial charge in [-0.05, 0) is 35.6 Å². The second-order valence-corrected chi connectivity index (χ2v) is 6.54. The number of pyridine rings is 1. The Hall–Kier alpha value is -0.290. The lowest BCUT2D eigenvalue weighted by Crippen LogP contribution is -2.19. The van der Waals surface area contributed by atoms with Crippen LogP contribution in [0, 0.1) is 10.5 Å². The summed E-state index contributed by atoms with van der Waals surface area (Å²) >= 11 is 1.47. The maximum Gasteiger partial charge on any atom is 0.574 e. The first-order chi connectivity index (χ1) is 7.50. The summed E-state index contributed by atoms with van der Waals surface area (Å²) in [6, 6.07) is 0.965. The fourth-order valence-corrected chi connectivity index (χ4v) is 2.85. The lowest BCUT2D eigenvalue weighted by Gasteiger charge is -2.11. The van der Waals surface area contributed by atoms with Crippen molar-refractivity contribution < 1.29 is 26.3 Å². The molecule has 0 amide bonds. The molecule has 10 heteroatoms. The minimum Gasteiger partial charge on any atom is -0.387 e. The minimum atomic E-state index is -4.89. The molecule has 0 bridgehead atoms. The van der Waals surface area contributed by atoms with E-state index in [1.54, 1.807) is 0 Å². The van der Waals surface area contributed by atoms with Crippen LogP contribution in [0.25, 0.3) is 0 Å². The fraction of sp³-hybridized carbons (Fsp3) is 0.286. The Kier molecular flexibility index (Phi) is 4.14. The van der Waals surface area contributed by atoms with Crippen molar-refractivity contribution >= 4 is 42.3 Å². The molecular weight excluding hydrogens is 397 g/mol. The third-order valence-corrected chi connectivity index (χ3v) is 3.77. The van der Waals surface area contributed by atoms with Crippen molar-refractivity contribution in [3.8, 4) is 5.88 Å². The van der Waals surface area contributed by atoms with Gasteiger partial charge < -0.3 is 4.74 Å². The molecule has 17 heavy (non-hydrogen) atoms. The van der Waals surface area contributed by atoms with Gasteiger partial charge in [-0.2, -0.15) is 0 Å². The van der Waals surface area contributed by atoms with E-state index < -0.39 is 21.3 Å². The van der Waals surface area contributed by atoms with Crippen LogP contribution >= 0.6 is 33.3 Å². The van der Waals surface area contributed by atoms with Crippen molar-refractivity contribution in [2.75, 3.05) is 0 Å². The summed E-state index contributed by atoms with van der Waals surface area (Å²) in [5, 5.41) is 0. The summed E-state index contributed by atoms with van der Waals surface area (Å²) in [6.07, 6.45) is -4.89. The van der Waals surface area contributed by atoms with Crippen molar-refractivity contribution in [3.63, 3.8) is 0 Å². The quantitative estimate of drug-likeness (QED) is 0.565. The number of alkyl halides is 3. The lowest BCUT2D eigenvalue weighted by atomic mass is 10.4. The molecule has 4 nitrogen and oxygen atoms in total. The van der Waals surface area contributed by atoms with Crippen LogP contribution in [0.1, 0.15) is 5.69 Å². The summed E-state index contributed by atoms with van der Waals surface area (Å²) in [6.45, 7) is 1.22. The van der Waals surface area contributed by atoms with Crippen molar-refractivity contribution in [2.45, 2.75) is 18.2 Å². The average molecular weight is 402 g/mol. The topological polar surface area (TPSA) is 56.3 Å². The second-order valence-electron chi connectivity index (χ2n) is 2.84. The molecule has 1 aromatic rings. The van der Waals surface area contributed by atoms with Gasteiger partial charge in [0, 0.05) is 10.7 Å². The molecular formula is C7H4ClF3INO3S. The lowest BCUT2D eigenvalue weighted by molar-refractivity contribution is -0.276. The zero-order chi connectivity index (χ0) is 13.4. The zero-order valence-corrected chi connectivity index (χ0v) is 11.8. The van der Waals surface area contributed by atoms with Crippen molar-refractivity contribution in [1.29, 1.82) is 0 Å². The molecule has 0 N–H and O–H groups in total. The Morgan fingerprint density at radius 1 is 1.47 bits per heavy atom.